The summed E-state index contributed by atoms with van der Waals surface area (Å²) in [5.41, 5.74) is 15.7. The summed E-state index contributed by atoms with van der Waals surface area (Å²) in [6.45, 7) is 11.3. The van der Waals surface area contributed by atoms with Gasteiger partial charge in [0.1, 0.15) is 24.3 Å². The molecule has 71 heavy (non-hydrogen) atoms. The van der Waals surface area contributed by atoms with E-state index >= 15 is 4.39 Å². The van der Waals surface area contributed by atoms with E-state index in [9.17, 15) is 13.2 Å². The van der Waals surface area contributed by atoms with E-state index in [0.29, 0.717) is 35.3 Å². The molecule has 2 aliphatic carbocycles. The highest BCUT2D eigenvalue weighted by molar-refractivity contribution is 6.28. The van der Waals surface area contributed by atoms with Crippen LogP contribution < -0.4 is 26.7 Å². The lowest BCUT2D eigenvalue weighted by atomic mass is 9.84. The Hall–Kier alpha value is -6.13. The number of benzene rings is 2. The number of nitrogens with two attached hydrogens (primary N) is 1. The van der Waals surface area contributed by atoms with E-state index in [4.69, 9.17) is 28.3 Å². The molecular weight excluding hydrogens is 940 g/mol. The Bertz CT molecular complexity index is 2710. The molecule has 0 amide bonds. The fourth-order valence-electron chi connectivity index (χ4n) is 11.3. The SMILES string of the molecule is CC1(C)C[C@H](Nc2nc(Cl)ncc2F)C[C@@H]2CCCN21.CC1(C)C[C@H](Nc2nc(Nc3cc(-n4cnnn4)c(C4CC4)cc3F)ncc2F)C[C@@H]2CCCN21.N=CN(N=N)c1cc(N)c(F)cc1C1CC1. The maximum Gasteiger partial charge on any atom is 0.229 e. The molecule has 2 aromatic carbocycles. The van der Waals surface area contributed by atoms with Gasteiger partial charge in [-0.2, -0.15) is 15.5 Å². The molecule has 378 valence electrons. The van der Waals surface area contributed by atoms with Gasteiger partial charge in [0.2, 0.25) is 11.2 Å². The highest BCUT2D eigenvalue weighted by Gasteiger charge is 2.44. The third-order valence-corrected chi connectivity index (χ3v) is 14.9. The zero-order valence-corrected chi connectivity index (χ0v) is 41.1. The second kappa shape index (κ2) is 20.5. The molecule has 7 N–H and O–H groups in total. The van der Waals surface area contributed by atoms with Crippen molar-refractivity contribution in [1.29, 1.82) is 10.9 Å². The zero-order chi connectivity index (χ0) is 50.2. The molecule has 18 nitrogen and oxygen atoms in total. The number of halogens is 5. The van der Waals surface area contributed by atoms with E-state index in [1.165, 1.54) is 61.4 Å². The van der Waals surface area contributed by atoms with Crippen LogP contribution in [0.15, 0.2) is 48.2 Å². The highest BCUT2D eigenvalue weighted by Crippen LogP contribution is 2.46. The summed E-state index contributed by atoms with van der Waals surface area (Å²) < 4.78 is 58.3. The number of nitrogens with one attached hydrogen (secondary N) is 5. The Labute approximate surface area is 414 Å². The lowest BCUT2D eigenvalue weighted by molar-refractivity contribution is 0.0498. The standard InChI is InChI=1S/C24H29F2N9.C14H20ClFN4.C10H12FN5/c1-24(2)11-15(8-16-4-3-7-34(16)24)29-22-19(26)12-27-23(31-22)30-20-10-21(35-13-28-32-33-35)17(9-18(20)25)14-5-6-14;1-14(2)7-9(6-10-4-3-5-20(10)14)18-12-11(16)8-17-13(15)19-12;11-8-3-7(6-1-2-6)10(4-9(8)13)16(5-12)15-14/h9-10,12-16H,3-8,11H2,1-2H3,(H2,27,29,30,31);8-10H,3-7H2,1-2H3,(H,17,18,19);3-6,12,14H,1-2,13H2/t15-,16+;9-,10+;/m11./s1. The van der Waals surface area contributed by atoms with E-state index in [1.807, 2.05) is 0 Å². The van der Waals surface area contributed by atoms with Crippen LogP contribution >= 0.6 is 11.6 Å². The van der Waals surface area contributed by atoms with Crippen molar-refractivity contribution in [3.8, 4) is 5.69 Å². The molecule has 0 spiro atoms. The van der Waals surface area contributed by atoms with Gasteiger partial charge < -0.3 is 21.7 Å². The molecule has 4 saturated heterocycles. The van der Waals surface area contributed by atoms with E-state index in [0.717, 1.165) is 92.8 Å². The van der Waals surface area contributed by atoms with Crippen LogP contribution in [0.2, 0.25) is 5.28 Å². The Balaban J connectivity index is 0.000000146. The van der Waals surface area contributed by atoms with Gasteiger partial charge in [-0.15, -0.1) is 5.10 Å². The predicted octanol–water partition coefficient (Wildman–Crippen LogP) is 9.90. The van der Waals surface area contributed by atoms with Crippen LogP contribution in [0.1, 0.15) is 128 Å². The quantitative estimate of drug-likeness (QED) is 0.0130. The molecular formula is C48H61ClF4N18. The molecule has 3 aromatic heterocycles. The van der Waals surface area contributed by atoms with Crippen LogP contribution in [-0.2, 0) is 0 Å². The van der Waals surface area contributed by atoms with Gasteiger partial charge in [0.15, 0.2) is 23.3 Å². The van der Waals surface area contributed by atoms with Crippen LogP contribution in [-0.4, -0.2) is 105 Å². The summed E-state index contributed by atoms with van der Waals surface area (Å²) in [5.74, 6) is -0.792. The number of nitrogen functional groups attached to an aromatic ring is 1. The number of nitrogens with zero attached hydrogens (tertiary/aromatic N) is 12. The van der Waals surface area contributed by atoms with E-state index in [2.05, 4.69) is 94.1 Å². The minimum Gasteiger partial charge on any atom is -0.396 e. The normalized spacial score (nSPS) is 23.2. The van der Waals surface area contributed by atoms with Crippen molar-refractivity contribution in [2.24, 2.45) is 5.22 Å². The van der Waals surface area contributed by atoms with E-state index in [-0.39, 0.29) is 57.4 Å². The van der Waals surface area contributed by atoms with Gasteiger partial charge in [-0.05, 0) is 187 Å². The maximum atomic E-state index is 15.0. The van der Waals surface area contributed by atoms with Crippen LogP contribution in [0, 0.1) is 34.2 Å². The topological polar surface area (TPSA) is 227 Å². The molecule has 7 heterocycles. The molecule has 23 heteroatoms. The number of anilines is 6. The fraction of sp³-hybridized carbons (Fsp3) is 0.542. The average molecular weight is 1000 g/mol. The number of aromatic nitrogens is 8. The summed E-state index contributed by atoms with van der Waals surface area (Å²) in [6.07, 6.45) is 17.3. The van der Waals surface area contributed by atoms with Crippen molar-refractivity contribution in [3.63, 3.8) is 0 Å². The van der Waals surface area contributed by atoms with Crippen molar-refractivity contribution in [2.45, 2.75) is 152 Å². The van der Waals surface area contributed by atoms with Crippen molar-refractivity contribution in [3.05, 3.63) is 82.7 Å². The Kier molecular flexibility index (Phi) is 14.4. The molecule has 6 fully saturated rings. The molecule has 0 radical (unpaired) electrons. The summed E-state index contributed by atoms with van der Waals surface area (Å²) in [7, 11) is 0. The minimum absolute atomic E-state index is 0.00917. The molecule has 2 saturated carbocycles. The maximum absolute atomic E-state index is 15.0. The summed E-state index contributed by atoms with van der Waals surface area (Å²) in [4.78, 5) is 21.2. The number of hydrogen-bond acceptors (Lipinski definition) is 16. The Morgan fingerprint density at radius 1 is 0.775 bits per heavy atom. The first kappa shape index (κ1) is 49.8. The number of tetrazole rings is 1. The number of rotatable bonds is 12. The van der Waals surface area contributed by atoms with Crippen LogP contribution in [0.5, 0.6) is 0 Å². The van der Waals surface area contributed by atoms with E-state index in [1.54, 1.807) is 6.07 Å². The molecule has 0 unspecified atom stereocenters. The monoisotopic (exact) mass is 1000 g/mol. The van der Waals surface area contributed by atoms with Gasteiger partial charge >= 0.3 is 0 Å². The number of fused-ring (bicyclic) bond motifs is 2. The second-order valence-electron chi connectivity index (χ2n) is 20.7. The second-order valence-corrected chi connectivity index (χ2v) is 21.1. The third-order valence-electron chi connectivity index (χ3n) is 14.7. The average Bonchev–Trinajstić information content (AvgIpc) is 4.17. The summed E-state index contributed by atoms with van der Waals surface area (Å²) in [5, 5.41) is 32.3. The van der Waals surface area contributed by atoms with Crippen LogP contribution in [0.3, 0.4) is 0 Å². The molecule has 11 rings (SSSR count). The smallest absolute Gasteiger partial charge is 0.229 e. The van der Waals surface area contributed by atoms with Gasteiger partial charge in [0.05, 0.1) is 35.1 Å². The molecule has 4 aliphatic heterocycles. The summed E-state index contributed by atoms with van der Waals surface area (Å²) in [6, 6.07) is 7.39. The van der Waals surface area contributed by atoms with Crippen molar-refractivity contribution in [2.75, 3.05) is 39.8 Å². The van der Waals surface area contributed by atoms with Crippen LogP contribution in [0.25, 0.3) is 5.69 Å². The lowest BCUT2D eigenvalue weighted by Crippen LogP contribution is -2.55. The van der Waals surface area contributed by atoms with Gasteiger partial charge in [-0.1, -0.05) is 5.22 Å². The first-order chi connectivity index (χ1) is 34.0. The Morgan fingerprint density at radius 3 is 1.92 bits per heavy atom. The van der Waals surface area contributed by atoms with Gasteiger partial charge in [0, 0.05) is 35.2 Å². The molecule has 0 bridgehead atoms. The molecule has 5 aromatic rings. The van der Waals surface area contributed by atoms with Crippen molar-refractivity contribution >= 4 is 52.6 Å². The first-order valence-electron chi connectivity index (χ1n) is 24.4. The van der Waals surface area contributed by atoms with Gasteiger partial charge in [-0.25, -0.2) is 37.2 Å². The van der Waals surface area contributed by atoms with Crippen LogP contribution in [0.4, 0.5) is 52.2 Å². The van der Waals surface area contributed by atoms with Gasteiger partial charge in [0.25, 0.3) is 0 Å². The zero-order valence-electron chi connectivity index (χ0n) is 40.3. The minimum atomic E-state index is -0.527. The van der Waals surface area contributed by atoms with Crippen molar-refractivity contribution < 1.29 is 17.6 Å². The van der Waals surface area contributed by atoms with Crippen molar-refractivity contribution in [1.82, 2.24) is 49.9 Å². The van der Waals surface area contributed by atoms with Gasteiger partial charge in [-0.3, -0.25) is 15.2 Å². The highest BCUT2D eigenvalue weighted by atomic mass is 35.5. The fourth-order valence-corrected chi connectivity index (χ4v) is 11.4. The number of hydrogen-bond donors (Lipinski definition) is 6. The number of piperidine rings is 2. The largest absolute Gasteiger partial charge is 0.396 e. The lowest BCUT2D eigenvalue weighted by Gasteiger charge is -2.47. The Morgan fingerprint density at radius 2 is 1.35 bits per heavy atom. The molecule has 6 aliphatic rings. The first-order valence-corrected chi connectivity index (χ1v) is 24.7. The summed E-state index contributed by atoms with van der Waals surface area (Å²) >= 11 is 5.74. The predicted molar refractivity (Wildman–Crippen MR) is 263 cm³/mol. The molecule has 4 atom stereocenters. The third kappa shape index (κ3) is 11.3. The van der Waals surface area contributed by atoms with E-state index < -0.39 is 23.3 Å².